The maximum absolute atomic E-state index is 12.3. The third-order valence-corrected chi connectivity index (χ3v) is 4.85. The Morgan fingerprint density at radius 1 is 1.33 bits per heavy atom. The second kappa shape index (κ2) is 6.94. The fourth-order valence-corrected chi connectivity index (χ4v) is 3.17. The van der Waals surface area contributed by atoms with Gasteiger partial charge in [-0.25, -0.2) is 14.3 Å². The van der Waals surface area contributed by atoms with Crippen molar-refractivity contribution < 1.29 is 4.79 Å². The van der Waals surface area contributed by atoms with Crippen molar-refractivity contribution in [3.8, 4) is 5.82 Å². The van der Waals surface area contributed by atoms with Crippen molar-refractivity contribution in [1.82, 2.24) is 29.9 Å². The minimum absolute atomic E-state index is 0.0982. The molecule has 0 aromatic carbocycles. The fraction of sp³-hybridized carbons (Fsp3) is 0.562. The second-order valence-corrected chi connectivity index (χ2v) is 6.47. The average molecular weight is 330 g/mol. The van der Waals surface area contributed by atoms with Crippen LogP contribution in [0.5, 0.6) is 0 Å². The molecule has 1 fully saturated rings. The maximum Gasteiger partial charge on any atom is 0.267 e. The molecule has 1 amide bonds. The van der Waals surface area contributed by atoms with Crippen LogP contribution < -0.4 is 10.9 Å². The van der Waals surface area contributed by atoms with E-state index >= 15 is 0 Å². The van der Waals surface area contributed by atoms with Crippen LogP contribution in [0.15, 0.2) is 29.6 Å². The summed E-state index contributed by atoms with van der Waals surface area (Å²) in [7, 11) is 0. The van der Waals surface area contributed by atoms with E-state index in [1.165, 1.54) is 29.8 Å². The van der Waals surface area contributed by atoms with Crippen molar-refractivity contribution in [2.45, 2.75) is 45.7 Å². The molecule has 1 aliphatic rings. The van der Waals surface area contributed by atoms with Crippen molar-refractivity contribution in [2.24, 2.45) is 11.8 Å². The molecule has 8 nitrogen and oxygen atoms in total. The molecule has 1 aliphatic carbocycles. The average Bonchev–Trinajstić information content (AvgIpc) is 3.08. The molecule has 2 aromatic rings. The molecule has 0 bridgehead atoms. The SMILES string of the molecule is C[C@H]1[C@H](C)CCC[C@H]1NC(=O)Cn1nc(-n2cncn2)ccc1=O. The predicted molar refractivity (Wildman–Crippen MR) is 87.5 cm³/mol. The molecule has 0 radical (unpaired) electrons. The van der Waals surface area contributed by atoms with Gasteiger partial charge in [-0.2, -0.15) is 5.10 Å². The Hall–Kier alpha value is -2.51. The van der Waals surface area contributed by atoms with Gasteiger partial charge in [0.05, 0.1) is 0 Å². The zero-order valence-electron chi connectivity index (χ0n) is 13.9. The van der Waals surface area contributed by atoms with E-state index < -0.39 is 0 Å². The summed E-state index contributed by atoms with van der Waals surface area (Å²) in [4.78, 5) is 28.1. The molecule has 8 heteroatoms. The van der Waals surface area contributed by atoms with Crippen molar-refractivity contribution in [2.75, 3.05) is 0 Å². The van der Waals surface area contributed by atoms with Gasteiger partial charge in [0.25, 0.3) is 5.56 Å². The molecule has 24 heavy (non-hydrogen) atoms. The van der Waals surface area contributed by atoms with Crippen LogP contribution >= 0.6 is 0 Å². The van der Waals surface area contributed by atoms with Gasteiger partial charge < -0.3 is 5.32 Å². The van der Waals surface area contributed by atoms with Crippen LogP contribution in [0.3, 0.4) is 0 Å². The lowest BCUT2D eigenvalue weighted by atomic mass is 9.78. The highest BCUT2D eigenvalue weighted by molar-refractivity contribution is 5.76. The summed E-state index contributed by atoms with van der Waals surface area (Å²) in [6, 6.07) is 3.09. The molecule has 2 heterocycles. The Bertz CT molecular complexity index is 754. The van der Waals surface area contributed by atoms with Crippen molar-refractivity contribution >= 4 is 5.91 Å². The van der Waals surface area contributed by atoms with Crippen LogP contribution in [0.2, 0.25) is 0 Å². The summed E-state index contributed by atoms with van der Waals surface area (Å²) < 4.78 is 2.60. The van der Waals surface area contributed by atoms with Gasteiger partial charge >= 0.3 is 0 Å². The van der Waals surface area contributed by atoms with E-state index in [0.29, 0.717) is 17.7 Å². The summed E-state index contributed by atoms with van der Waals surface area (Å²) >= 11 is 0. The molecular formula is C16H22N6O2. The van der Waals surface area contributed by atoms with Crippen LogP contribution in [0.1, 0.15) is 33.1 Å². The van der Waals surface area contributed by atoms with E-state index in [1.54, 1.807) is 6.07 Å². The molecule has 2 aromatic heterocycles. The highest BCUT2D eigenvalue weighted by Crippen LogP contribution is 2.29. The van der Waals surface area contributed by atoms with Crippen molar-refractivity contribution in [3.05, 3.63) is 35.1 Å². The summed E-state index contributed by atoms with van der Waals surface area (Å²) in [6.45, 7) is 4.29. The molecule has 1 N–H and O–H groups in total. The molecule has 3 atom stereocenters. The van der Waals surface area contributed by atoms with Gasteiger partial charge in [0, 0.05) is 12.1 Å². The molecule has 0 saturated heterocycles. The number of nitrogens with one attached hydrogen (secondary N) is 1. The number of carbonyl (C=O) groups excluding carboxylic acids is 1. The predicted octanol–water partition coefficient (Wildman–Crippen LogP) is 0.765. The highest BCUT2D eigenvalue weighted by Gasteiger charge is 2.28. The van der Waals surface area contributed by atoms with Gasteiger partial charge in [-0.3, -0.25) is 9.59 Å². The van der Waals surface area contributed by atoms with Gasteiger partial charge in [-0.1, -0.05) is 26.7 Å². The standard InChI is InChI=1S/C16H22N6O2/c1-11-4-3-5-13(12(11)2)19-15(23)8-21-16(24)7-6-14(20-21)22-10-17-9-18-22/h6-7,9-13H,3-5,8H2,1-2H3,(H,19,23)/t11-,12+,13-/m1/s1. The molecule has 0 spiro atoms. The smallest absolute Gasteiger partial charge is 0.267 e. The van der Waals surface area contributed by atoms with Gasteiger partial charge in [0.15, 0.2) is 5.82 Å². The zero-order valence-corrected chi connectivity index (χ0v) is 13.9. The number of hydrogen-bond donors (Lipinski definition) is 1. The lowest BCUT2D eigenvalue weighted by molar-refractivity contribution is -0.123. The maximum atomic E-state index is 12.3. The number of rotatable bonds is 4. The highest BCUT2D eigenvalue weighted by atomic mass is 16.2. The number of carbonyl (C=O) groups is 1. The zero-order chi connectivity index (χ0) is 17.1. The first-order valence-electron chi connectivity index (χ1n) is 8.27. The van der Waals surface area contributed by atoms with Gasteiger partial charge in [-0.05, 0) is 24.3 Å². The molecule has 128 valence electrons. The summed E-state index contributed by atoms with van der Waals surface area (Å²) in [5.41, 5.74) is -0.320. The first-order valence-corrected chi connectivity index (χ1v) is 8.27. The normalized spacial score (nSPS) is 23.8. The quantitative estimate of drug-likeness (QED) is 0.893. The Labute approximate surface area is 139 Å². The number of aromatic nitrogens is 5. The fourth-order valence-electron chi connectivity index (χ4n) is 3.17. The molecule has 1 saturated carbocycles. The van der Waals surface area contributed by atoms with E-state index in [4.69, 9.17) is 0 Å². The van der Waals surface area contributed by atoms with Gasteiger partial charge in [0.2, 0.25) is 5.91 Å². The lowest BCUT2D eigenvalue weighted by Crippen LogP contribution is -2.45. The van der Waals surface area contributed by atoms with E-state index in [1.807, 2.05) is 0 Å². The summed E-state index contributed by atoms with van der Waals surface area (Å²) in [5.74, 6) is 1.29. The number of hydrogen-bond acceptors (Lipinski definition) is 5. The molecular weight excluding hydrogens is 308 g/mol. The minimum Gasteiger partial charge on any atom is -0.351 e. The van der Waals surface area contributed by atoms with Crippen LogP contribution in [-0.4, -0.2) is 36.5 Å². The lowest BCUT2D eigenvalue weighted by Gasteiger charge is -2.34. The van der Waals surface area contributed by atoms with Crippen LogP contribution in [0.25, 0.3) is 5.82 Å². The van der Waals surface area contributed by atoms with E-state index in [0.717, 1.165) is 17.5 Å². The first-order chi connectivity index (χ1) is 11.5. The Morgan fingerprint density at radius 2 is 2.17 bits per heavy atom. The first kappa shape index (κ1) is 16.4. The minimum atomic E-state index is -0.320. The monoisotopic (exact) mass is 330 g/mol. The Balaban J connectivity index is 1.70. The number of amides is 1. The molecule has 0 unspecified atom stereocenters. The molecule has 3 rings (SSSR count). The largest absolute Gasteiger partial charge is 0.351 e. The van der Waals surface area contributed by atoms with Gasteiger partial charge in [0.1, 0.15) is 19.2 Å². The van der Waals surface area contributed by atoms with Crippen molar-refractivity contribution in [1.29, 1.82) is 0 Å². The Kier molecular flexibility index (Phi) is 4.73. The second-order valence-electron chi connectivity index (χ2n) is 6.47. The molecule has 0 aliphatic heterocycles. The third kappa shape index (κ3) is 3.52. The van der Waals surface area contributed by atoms with Crippen LogP contribution in [0.4, 0.5) is 0 Å². The third-order valence-electron chi connectivity index (χ3n) is 4.85. The number of nitrogens with zero attached hydrogens (tertiary/aromatic N) is 5. The topological polar surface area (TPSA) is 94.7 Å². The van der Waals surface area contributed by atoms with E-state index in [9.17, 15) is 9.59 Å². The van der Waals surface area contributed by atoms with E-state index in [-0.39, 0.29) is 24.1 Å². The summed E-state index contributed by atoms with van der Waals surface area (Å²) in [5, 5.41) is 11.2. The van der Waals surface area contributed by atoms with E-state index in [2.05, 4.69) is 34.3 Å². The van der Waals surface area contributed by atoms with Crippen LogP contribution in [0, 0.1) is 11.8 Å². The van der Waals surface area contributed by atoms with Crippen LogP contribution in [-0.2, 0) is 11.3 Å². The van der Waals surface area contributed by atoms with Gasteiger partial charge in [-0.15, -0.1) is 5.10 Å². The van der Waals surface area contributed by atoms with Crippen molar-refractivity contribution in [3.63, 3.8) is 0 Å². The Morgan fingerprint density at radius 3 is 2.92 bits per heavy atom. The summed E-state index contributed by atoms with van der Waals surface area (Å²) in [6.07, 6.45) is 6.18.